The molecular weight excluding hydrogens is 284 g/mol. The van der Waals surface area contributed by atoms with E-state index in [0.29, 0.717) is 13.1 Å². The van der Waals surface area contributed by atoms with Gasteiger partial charge < -0.3 is 11.1 Å². The van der Waals surface area contributed by atoms with Crippen LogP contribution in [0.25, 0.3) is 0 Å². The number of carbonyl (C=O) groups is 1. The number of aryl methyl sites for hydroxylation is 1. The lowest BCUT2D eigenvalue weighted by atomic mass is 9.67. The predicted molar refractivity (Wildman–Crippen MR) is 89.9 cm³/mol. The highest BCUT2D eigenvalue weighted by molar-refractivity contribution is 5.88. The fourth-order valence-corrected chi connectivity index (χ4v) is 3.36. The molecule has 0 saturated heterocycles. The zero-order valence-corrected chi connectivity index (χ0v) is 13.7. The van der Waals surface area contributed by atoms with E-state index in [1.165, 1.54) is 17.5 Å². The average molecular weight is 311 g/mol. The number of hydrogen-bond donors (Lipinski definition) is 2. The van der Waals surface area contributed by atoms with Crippen LogP contribution in [0.1, 0.15) is 49.7 Å². The molecule has 0 bridgehead atoms. The Morgan fingerprint density at radius 3 is 2.52 bits per heavy atom. The number of carbonyl (C=O) groups excluding carboxylic acids is 1. The van der Waals surface area contributed by atoms with Gasteiger partial charge in [0.25, 0.3) is 0 Å². The molecule has 3 nitrogen and oxygen atoms in total. The Balaban J connectivity index is 0.00000220. The molecule has 0 heterocycles. The Hall–Kier alpha value is -1.06. The van der Waals surface area contributed by atoms with Crippen molar-refractivity contribution in [1.82, 2.24) is 5.32 Å². The largest absolute Gasteiger partial charge is 0.355 e. The number of halogens is 1. The van der Waals surface area contributed by atoms with Gasteiger partial charge in [-0.25, -0.2) is 0 Å². The maximum absolute atomic E-state index is 12.8. The van der Waals surface area contributed by atoms with Gasteiger partial charge in [-0.3, -0.25) is 4.79 Å². The van der Waals surface area contributed by atoms with E-state index in [0.717, 1.165) is 32.1 Å². The summed E-state index contributed by atoms with van der Waals surface area (Å²) in [6.07, 6.45) is 6.29. The average Bonchev–Trinajstić information content (AvgIpc) is 2.48. The van der Waals surface area contributed by atoms with Gasteiger partial charge in [0.2, 0.25) is 5.91 Å². The number of amides is 1. The van der Waals surface area contributed by atoms with Crippen molar-refractivity contribution >= 4 is 18.3 Å². The number of benzene rings is 1. The summed E-state index contributed by atoms with van der Waals surface area (Å²) in [5.74, 6) is 0.194. The molecule has 4 heteroatoms. The van der Waals surface area contributed by atoms with E-state index in [-0.39, 0.29) is 23.7 Å². The van der Waals surface area contributed by atoms with Gasteiger partial charge in [0.15, 0.2) is 0 Å². The third kappa shape index (κ3) is 3.98. The maximum Gasteiger partial charge on any atom is 0.230 e. The van der Waals surface area contributed by atoms with Crippen LogP contribution in [0, 0.1) is 6.92 Å². The van der Waals surface area contributed by atoms with Gasteiger partial charge in [-0.05, 0) is 43.9 Å². The summed E-state index contributed by atoms with van der Waals surface area (Å²) >= 11 is 0. The fourth-order valence-electron chi connectivity index (χ4n) is 3.36. The first-order valence-corrected chi connectivity index (χ1v) is 7.75. The smallest absolute Gasteiger partial charge is 0.230 e. The van der Waals surface area contributed by atoms with E-state index in [9.17, 15) is 4.79 Å². The molecule has 0 spiro atoms. The molecule has 3 N–H and O–H groups in total. The second-order valence-electron chi connectivity index (χ2n) is 5.86. The first-order valence-electron chi connectivity index (χ1n) is 7.75. The minimum atomic E-state index is -0.321. The van der Waals surface area contributed by atoms with Crippen molar-refractivity contribution in [3.63, 3.8) is 0 Å². The minimum Gasteiger partial charge on any atom is -0.355 e. The van der Waals surface area contributed by atoms with Crippen molar-refractivity contribution in [2.45, 2.75) is 50.9 Å². The molecule has 0 atom stereocenters. The van der Waals surface area contributed by atoms with Gasteiger partial charge in [0, 0.05) is 6.54 Å². The van der Waals surface area contributed by atoms with Crippen molar-refractivity contribution in [2.24, 2.45) is 5.73 Å². The first-order chi connectivity index (χ1) is 9.70. The molecule has 1 aromatic rings. The summed E-state index contributed by atoms with van der Waals surface area (Å²) in [4.78, 5) is 12.8. The Bertz CT molecular complexity index is 456. The van der Waals surface area contributed by atoms with Gasteiger partial charge >= 0.3 is 0 Å². The van der Waals surface area contributed by atoms with E-state index in [2.05, 4.69) is 24.4 Å². The van der Waals surface area contributed by atoms with Crippen molar-refractivity contribution in [3.05, 3.63) is 35.4 Å². The lowest BCUT2D eigenvalue weighted by Gasteiger charge is -2.37. The molecule has 0 radical (unpaired) electrons. The molecule has 1 aromatic carbocycles. The first kappa shape index (κ1) is 18.0. The van der Waals surface area contributed by atoms with E-state index < -0.39 is 0 Å². The molecule has 2 rings (SSSR count). The number of rotatable bonds is 5. The molecule has 0 aliphatic heterocycles. The van der Waals surface area contributed by atoms with E-state index in [1.54, 1.807) is 0 Å². The Morgan fingerprint density at radius 2 is 1.90 bits per heavy atom. The van der Waals surface area contributed by atoms with Crippen LogP contribution in [0.2, 0.25) is 0 Å². The zero-order valence-electron chi connectivity index (χ0n) is 12.9. The van der Waals surface area contributed by atoms with E-state index >= 15 is 0 Å². The predicted octanol–water partition coefficient (Wildman–Crippen LogP) is 3.08. The summed E-state index contributed by atoms with van der Waals surface area (Å²) in [5.41, 5.74) is 7.63. The van der Waals surface area contributed by atoms with E-state index in [1.807, 2.05) is 12.1 Å². The highest BCUT2D eigenvalue weighted by atomic mass is 35.5. The van der Waals surface area contributed by atoms with Crippen LogP contribution < -0.4 is 11.1 Å². The topological polar surface area (TPSA) is 55.1 Å². The highest BCUT2D eigenvalue weighted by Crippen LogP contribution is 2.41. The molecule has 0 aromatic heterocycles. The van der Waals surface area contributed by atoms with Gasteiger partial charge in [-0.1, -0.05) is 43.5 Å². The number of nitrogens with one attached hydrogen (secondary N) is 1. The molecule has 118 valence electrons. The van der Waals surface area contributed by atoms with Gasteiger partial charge in [0.1, 0.15) is 0 Å². The fraction of sp³-hybridized carbons (Fsp3) is 0.588. The zero-order chi connectivity index (χ0) is 14.4. The van der Waals surface area contributed by atoms with Crippen LogP contribution in [0.5, 0.6) is 0 Å². The quantitative estimate of drug-likeness (QED) is 0.821. The van der Waals surface area contributed by atoms with Crippen LogP contribution in [0.4, 0.5) is 0 Å². The van der Waals surface area contributed by atoms with Crippen LogP contribution >= 0.6 is 12.4 Å². The molecule has 1 aliphatic rings. The maximum atomic E-state index is 12.8. The van der Waals surface area contributed by atoms with Crippen molar-refractivity contribution in [3.8, 4) is 0 Å². The van der Waals surface area contributed by atoms with Crippen molar-refractivity contribution < 1.29 is 4.79 Å². The Labute approximate surface area is 134 Å². The van der Waals surface area contributed by atoms with Gasteiger partial charge in [-0.2, -0.15) is 0 Å². The van der Waals surface area contributed by atoms with Crippen LogP contribution in [-0.2, 0) is 10.2 Å². The molecular formula is C17H27ClN2O. The second kappa shape index (κ2) is 8.40. The molecule has 1 saturated carbocycles. The molecule has 1 aliphatic carbocycles. The molecule has 1 fully saturated rings. The van der Waals surface area contributed by atoms with Gasteiger partial charge in [-0.15, -0.1) is 12.4 Å². The SMILES string of the molecule is Cc1ccccc1C1(C(=O)NCCCN)CCCCC1.Cl. The minimum absolute atomic E-state index is 0. The summed E-state index contributed by atoms with van der Waals surface area (Å²) in [5, 5.41) is 3.10. The van der Waals surface area contributed by atoms with Gasteiger partial charge in [0.05, 0.1) is 5.41 Å². The second-order valence-corrected chi connectivity index (χ2v) is 5.86. The van der Waals surface area contributed by atoms with Crippen LogP contribution in [-0.4, -0.2) is 19.0 Å². The summed E-state index contributed by atoms with van der Waals surface area (Å²) in [6.45, 7) is 3.42. The molecule has 21 heavy (non-hydrogen) atoms. The molecule has 1 amide bonds. The standard InChI is InChI=1S/C17H26N2O.ClH/c1-14-8-3-4-9-15(14)17(10-5-2-6-11-17)16(20)19-13-7-12-18;/h3-4,8-9H,2,5-7,10-13,18H2,1H3,(H,19,20);1H. The third-order valence-corrected chi connectivity index (χ3v) is 4.47. The summed E-state index contributed by atoms with van der Waals surface area (Å²) in [6, 6.07) is 8.33. The lowest BCUT2D eigenvalue weighted by Crippen LogP contribution is -2.46. The Kier molecular flexibility index (Phi) is 7.20. The summed E-state index contributed by atoms with van der Waals surface area (Å²) in [7, 11) is 0. The summed E-state index contributed by atoms with van der Waals surface area (Å²) < 4.78 is 0. The number of hydrogen-bond acceptors (Lipinski definition) is 2. The highest BCUT2D eigenvalue weighted by Gasteiger charge is 2.41. The van der Waals surface area contributed by atoms with Crippen molar-refractivity contribution in [1.29, 1.82) is 0 Å². The van der Waals surface area contributed by atoms with E-state index in [4.69, 9.17) is 5.73 Å². The normalized spacial score (nSPS) is 16.9. The molecule has 0 unspecified atom stereocenters. The lowest BCUT2D eigenvalue weighted by molar-refractivity contribution is -0.128. The third-order valence-electron chi connectivity index (χ3n) is 4.47. The van der Waals surface area contributed by atoms with Crippen LogP contribution in [0.3, 0.4) is 0 Å². The van der Waals surface area contributed by atoms with Crippen molar-refractivity contribution in [2.75, 3.05) is 13.1 Å². The van der Waals surface area contributed by atoms with Crippen LogP contribution in [0.15, 0.2) is 24.3 Å². The Morgan fingerprint density at radius 1 is 1.24 bits per heavy atom. The monoisotopic (exact) mass is 310 g/mol. The number of nitrogens with two attached hydrogens (primary N) is 1.